The number of hydrogen-bond donors (Lipinski definition) is 1. The Morgan fingerprint density at radius 1 is 0.938 bits per heavy atom. The summed E-state index contributed by atoms with van der Waals surface area (Å²) >= 11 is 0. The van der Waals surface area contributed by atoms with Gasteiger partial charge in [0.05, 0.1) is 23.1 Å². The molecule has 0 radical (unpaired) electrons. The van der Waals surface area contributed by atoms with Crippen LogP contribution in [0.1, 0.15) is 28.3 Å². The van der Waals surface area contributed by atoms with Gasteiger partial charge < -0.3 is 5.32 Å². The Kier molecular flexibility index (Phi) is 3.98. The topological polar surface area (TPSA) is 73.5 Å². The van der Waals surface area contributed by atoms with Crippen LogP contribution in [0.3, 0.4) is 0 Å². The lowest BCUT2D eigenvalue weighted by atomic mass is 10.1. The van der Waals surface area contributed by atoms with Crippen LogP contribution in [0.2, 0.25) is 0 Å². The molecule has 4 heterocycles. The van der Waals surface area contributed by atoms with E-state index in [0.717, 1.165) is 51.0 Å². The highest BCUT2D eigenvalue weighted by molar-refractivity contribution is 5.91. The molecule has 0 saturated carbocycles. The maximum Gasteiger partial charge on any atom is 0.163 e. The van der Waals surface area contributed by atoms with Gasteiger partial charge in [0.25, 0.3) is 0 Å². The summed E-state index contributed by atoms with van der Waals surface area (Å²) in [7, 11) is 0. The van der Waals surface area contributed by atoms with E-state index in [1.54, 1.807) is 18.7 Å². The third-order valence-electron chi connectivity index (χ3n) is 6.05. The molecule has 2 aromatic carbocycles. The number of aryl methyl sites for hydroxylation is 3. The summed E-state index contributed by atoms with van der Waals surface area (Å²) in [4.78, 5) is 8.82. The normalized spacial score (nSPS) is 12.7. The molecular formula is C25H21N7. The fraction of sp³-hybridized carbons (Fsp3) is 0.120. The number of imidazole rings is 1. The fourth-order valence-corrected chi connectivity index (χ4v) is 4.26. The second-order valence-electron chi connectivity index (χ2n) is 8.10. The Hall–Kier alpha value is -4.26. The summed E-state index contributed by atoms with van der Waals surface area (Å²) in [6, 6.07) is 14.8. The molecule has 6 rings (SSSR count). The van der Waals surface area contributed by atoms with Crippen molar-refractivity contribution in [1.82, 2.24) is 29.3 Å². The average molecular weight is 419 g/mol. The number of fused-ring (bicyclic) bond motifs is 4. The minimum atomic E-state index is 0.794. The molecule has 1 N–H and O–H groups in total. The van der Waals surface area contributed by atoms with Crippen LogP contribution in [0.4, 0.5) is 5.69 Å². The zero-order chi connectivity index (χ0) is 21.8. The van der Waals surface area contributed by atoms with Crippen molar-refractivity contribution in [3.8, 4) is 11.4 Å². The molecular weight excluding hydrogens is 398 g/mol. The predicted octanol–water partition coefficient (Wildman–Crippen LogP) is 4.85. The zero-order valence-electron chi connectivity index (χ0n) is 18.0. The quantitative estimate of drug-likeness (QED) is 0.443. The van der Waals surface area contributed by atoms with Crippen LogP contribution in [0.15, 0.2) is 61.2 Å². The molecule has 0 saturated heterocycles. The lowest BCUT2D eigenvalue weighted by Crippen LogP contribution is -2.02. The van der Waals surface area contributed by atoms with Crippen molar-refractivity contribution in [1.29, 1.82) is 0 Å². The molecule has 156 valence electrons. The summed E-state index contributed by atoms with van der Waals surface area (Å²) in [6.45, 7) is 6.26. The molecule has 3 aromatic heterocycles. The number of benzene rings is 2. The minimum absolute atomic E-state index is 0.794. The summed E-state index contributed by atoms with van der Waals surface area (Å²) in [6.07, 6.45) is 7.39. The van der Waals surface area contributed by atoms with Crippen LogP contribution in [0.5, 0.6) is 0 Å². The van der Waals surface area contributed by atoms with E-state index in [-0.39, 0.29) is 0 Å². The molecule has 0 spiro atoms. The Morgan fingerprint density at radius 3 is 2.59 bits per heavy atom. The summed E-state index contributed by atoms with van der Waals surface area (Å²) < 4.78 is 4.17. The van der Waals surface area contributed by atoms with E-state index in [0.29, 0.717) is 0 Å². The monoisotopic (exact) mass is 419 g/mol. The first-order valence-corrected chi connectivity index (χ1v) is 10.5. The van der Waals surface area contributed by atoms with Crippen LogP contribution in [-0.2, 0) is 0 Å². The highest BCUT2D eigenvalue weighted by Crippen LogP contribution is 2.33. The van der Waals surface area contributed by atoms with Crippen LogP contribution in [0, 0.1) is 20.8 Å². The van der Waals surface area contributed by atoms with Gasteiger partial charge in [0.1, 0.15) is 17.7 Å². The standard InChI is InChI=1S/C25H21N7/c1-15-10-21-24(11-16(15)2)31-14-27-30-25(31)12-20(29-21)18-4-6-19(7-5-18)32-17(3)28-22-13-26-9-8-23(22)32/h4-14,29H,1-3H3. The molecule has 0 aliphatic carbocycles. The van der Waals surface area contributed by atoms with Gasteiger partial charge in [-0.25, -0.2) is 4.98 Å². The third-order valence-corrected chi connectivity index (χ3v) is 6.05. The number of nitrogens with zero attached hydrogens (tertiary/aromatic N) is 6. The van der Waals surface area contributed by atoms with Crippen molar-refractivity contribution >= 4 is 28.5 Å². The number of nitrogens with one attached hydrogen (secondary N) is 1. The van der Waals surface area contributed by atoms with Gasteiger partial charge in [0.2, 0.25) is 0 Å². The molecule has 0 amide bonds. The van der Waals surface area contributed by atoms with Gasteiger partial charge in [-0.05, 0) is 67.8 Å². The van der Waals surface area contributed by atoms with E-state index in [1.165, 1.54) is 11.1 Å². The van der Waals surface area contributed by atoms with Crippen LogP contribution in [0.25, 0.3) is 34.2 Å². The number of rotatable bonds is 2. The molecule has 0 unspecified atom stereocenters. The van der Waals surface area contributed by atoms with Gasteiger partial charge >= 0.3 is 0 Å². The molecule has 32 heavy (non-hydrogen) atoms. The molecule has 5 aromatic rings. The lowest BCUT2D eigenvalue weighted by Gasteiger charge is -2.15. The molecule has 1 aliphatic rings. The van der Waals surface area contributed by atoms with Gasteiger partial charge in [-0.1, -0.05) is 12.1 Å². The average Bonchev–Trinajstić information content (AvgIpc) is 3.35. The van der Waals surface area contributed by atoms with Gasteiger partial charge in [-0.3, -0.25) is 14.1 Å². The lowest BCUT2D eigenvalue weighted by molar-refractivity contribution is 1.00. The van der Waals surface area contributed by atoms with Gasteiger partial charge in [-0.2, -0.15) is 0 Å². The first-order chi connectivity index (χ1) is 15.6. The highest BCUT2D eigenvalue weighted by Gasteiger charge is 2.18. The van der Waals surface area contributed by atoms with Crippen LogP contribution in [-0.4, -0.2) is 29.3 Å². The Balaban J connectivity index is 1.44. The zero-order valence-corrected chi connectivity index (χ0v) is 18.0. The Morgan fingerprint density at radius 2 is 1.75 bits per heavy atom. The number of anilines is 1. The predicted molar refractivity (Wildman–Crippen MR) is 126 cm³/mol. The molecule has 0 bridgehead atoms. The third kappa shape index (κ3) is 2.82. The summed E-state index contributed by atoms with van der Waals surface area (Å²) in [5.41, 5.74) is 9.59. The van der Waals surface area contributed by atoms with Crippen molar-refractivity contribution < 1.29 is 0 Å². The van der Waals surface area contributed by atoms with Gasteiger partial charge in [0.15, 0.2) is 5.82 Å². The largest absolute Gasteiger partial charge is 0.353 e. The molecule has 7 heteroatoms. The van der Waals surface area contributed by atoms with Crippen molar-refractivity contribution in [2.75, 3.05) is 5.32 Å². The highest BCUT2D eigenvalue weighted by atomic mass is 15.3. The molecule has 7 nitrogen and oxygen atoms in total. The van der Waals surface area contributed by atoms with E-state index in [1.807, 2.05) is 23.6 Å². The van der Waals surface area contributed by atoms with E-state index in [2.05, 4.69) is 80.3 Å². The first-order valence-electron chi connectivity index (χ1n) is 10.5. The van der Waals surface area contributed by atoms with Gasteiger partial charge in [-0.15, -0.1) is 10.2 Å². The number of aromatic nitrogens is 6. The van der Waals surface area contributed by atoms with Crippen molar-refractivity contribution in [3.05, 3.63) is 89.5 Å². The maximum atomic E-state index is 4.63. The Bertz CT molecular complexity index is 1520. The summed E-state index contributed by atoms with van der Waals surface area (Å²) in [5, 5.41) is 12.1. The Labute approximate surface area is 185 Å². The van der Waals surface area contributed by atoms with Crippen LogP contribution < -0.4 is 5.32 Å². The smallest absolute Gasteiger partial charge is 0.163 e. The van der Waals surface area contributed by atoms with E-state index < -0.39 is 0 Å². The fourth-order valence-electron chi connectivity index (χ4n) is 4.26. The molecule has 0 atom stereocenters. The second-order valence-corrected chi connectivity index (χ2v) is 8.10. The summed E-state index contributed by atoms with van der Waals surface area (Å²) in [5.74, 6) is 1.72. The minimum Gasteiger partial charge on any atom is -0.353 e. The molecule has 1 aliphatic heterocycles. The number of pyridine rings is 1. The van der Waals surface area contributed by atoms with E-state index >= 15 is 0 Å². The maximum absolute atomic E-state index is 4.63. The van der Waals surface area contributed by atoms with Gasteiger partial charge in [0, 0.05) is 23.7 Å². The second kappa shape index (κ2) is 6.88. The van der Waals surface area contributed by atoms with Crippen molar-refractivity contribution in [2.24, 2.45) is 0 Å². The SMILES string of the molecule is Cc1cc2c(cc1C)-n1cnnc1C=C(c1ccc(-n3c(C)nc4cnccc43)cc1)N2. The number of hydrogen-bond acceptors (Lipinski definition) is 5. The van der Waals surface area contributed by atoms with Crippen molar-refractivity contribution in [2.45, 2.75) is 20.8 Å². The first kappa shape index (κ1) is 18.5. The van der Waals surface area contributed by atoms with Crippen LogP contribution >= 0.6 is 0 Å². The van der Waals surface area contributed by atoms with Crippen molar-refractivity contribution in [3.63, 3.8) is 0 Å². The molecule has 0 fully saturated rings. The van der Waals surface area contributed by atoms with E-state index in [9.17, 15) is 0 Å². The van der Waals surface area contributed by atoms with E-state index in [4.69, 9.17) is 0 Å².